The highest BCUT2D eigenvalue weighted by atomic mass is 16.6. The summed E-state index contributed by atoms with van der Waals surface area (Å²) < 4.78 is 11.8. The molecule has 3 aliphatic rings. The van der Waals surface area contributed by atoms with Crippen molar-refractivity contribution in [2.24, 2.45) is 5.92 Å². The van der Waals surface area contributed by atoms with Crippen molar-refractivity contribution in [3.05, 3.63) is 54.1 Å². The third-order valence-electron chi connectivity index (χ3n) is 6.26. The molecule has 1 N–H and O–H groups in total. The van der Waals surface area contributed by atoms with E-state index >= 15 is 0 Å². The van der Waals surface area contributed by atoms with Crippen LogP contribution in [0.25, 0.3) is 0 Å². The highest BCUT2D eigenvalue weighted by Gasteiger charge is 2.37. The van der Waals surface area contributed by atoms with Gasteiger partial charge in [0, 0.05) is 30.9 Å². The number of carbonyl (C=O) groups is 2. The first-order chi connectivity index (χ1) is 15.4. The highest BCUT2D eigenvalue weighted by Crippen LogP contribution is 2.31. The Balaban J connectivity index is 1.41. The highest BCUT2D eigenvalue weighted by molar-refractivity contribution is 5.94. The Morgan fingerprint density at radius 3 is 2.09 bits per heavy atom. The Morgan fingerprint density at radius 1 is 1.00 bits per heavy atom. The number of benzene rings is 2. The summed E-state index contributed by atoms with van der Waals surface area (Å²) >= 11 is 0. The molecule has 7 nitrogen and oxygen atoms in total. The Hall–Kier alpha value is -3.06. The van der Waals surface area contributed by atoms with Crippen molar-refractivity contribution in [3.63, 3.8) is 0 Å². The Bertz CT molecular complexity index is 935. The predicted octanol–water partition coefficient (Wildman–Crippen LogP) is 4.28. The van der Waals surface area contributed by atoms with E-state index in [9.17, 15) is 9.59 Å². The number of nitrogens with zero attached hydrogens (tertiary/aromatic N) is 2. The van der Waals surface area contributed by atoms with Crippen molar-refractivity contribution in [2.75, 3.05) is 31.6 Å². The van der Waals surface area contributed by atoms with Crippen LogP contribution in [-0.4, -0.2) is 55.7 Å². The average molecular weight is 438 g/mol. The molecule has 0 aromatic heterocycles. The van der Waals surface area contributed by atoms with Gasteiger partial charge in [-0.15, -0.1) is 0 Å². The van der Waals surface area contributed by atoms with Gasteiger partial charge in [0.2, 0.25) is 0 Å². The van der Waals surface area contributed by atoms with Gasteiger partial charge < -0.3 is 14.8 Å². The zero-order valence-corrected chi connectivity index (χ0v) is 18.9. The van der Waals surface area contributed by atoms with Crippen LogP contribution in [0, 0.1) is 5.92 Å². The van der Waals surface area contributed by atoms with Crippen LogP contribution >= 0.6 is 0 Å². The Labute approximate surface area is 189 Å². The molecule has 32 heavy (non-hydrogen) atoms. The summed E-state index contributed by atoms with van der Waals surface area (Å²) in [5.74, 6) is 1.62. The van der Waals surface area contributed by atoms with Crippen LogP contribution in [0.3, 0.4) is 0 Å². The van der Waals surface area contributed by atoms with Gasteiger partial charge in [0.25, 0.3) is 5.91 Å². The second-order valence-corrected chi connectivity index (χ2v) is 8.72. The lowest BCUT2D eigenvalue weighted by Gasteiger charge is -2.44. The summed E-state index contributed by atoms with van der Waals surface area (Å²) in [6.45, 7) is 7.03. The van der Waals surface area contributed by atoms with Gasteiger partial charge in [-0.05, 0) is 94.2 Å². The first-order valence-corrected chi connectivity index (χ1v) is 11.3. The van der Waals surface area contributed by atoms with Gasteiger partial charge in [0.15, 0.2) is 0 Å². The fourth-order valence-corrected chi connectivity index (χ4v) is 4.47. The molecule has 0 spiro atoms. The lowest BCUT2D eigenvalue weighted by atomic mass is 9.86. The maximum Gasteiger partial charge on any atom is 0.414 e. The molecule has 3 saturated heterocycles. The molecule has 2 aromatic carbocycles. The molecule has 170 valence electrons. The summed E-state index contributed by atoms with van der Waals surface area (Å²) in [7, 11) is 1.60. The van der Waals surface area contributed by atoms with E-state index in [2.05, 4.69) is 10.2 Å². The molecule has 2 amide bonds. The fraction of sp³-hybridized carbons (Fsp3) is 0.440. The van der Waals surface area contributed by atoms with Gasteiger partial charge in [-0.2, -0.15) is 0 Å². The van der Waals surface area contributed by atoms with Crippen molar-refractivity contribution in [2.45, 2.75) is 38.8 Å². The quantitative estimate of drug-likeness (QED) is 0.730. The first-order valence-electron chi connectivity index (χ1n) is 11.3. The molecule has 7 heteroatoms. The second-order valence-electron chi connectivity index (χ2n) is 8.72. The lowest BCUT2D eigenvalue weighted by molar-refractivity contribution is -0.0313. The van der Waals surface area contributed by atoms with Crippen molar-refractivity contribution in [1.82, 2.24) is 10.2 Å². The number of anilines is 1. The van der Waals surface area contributed by atoms with Crippen LogP contribution < -0.4 is 15.0 Å². The molecular formula is C25H31N3O4. The number of amides is 2. The maximum absolute atomic E-state index is 13.0. The maximum atomic E-state index is 13.0. The summed E-state index contributed by atoms with van der Waals surface area (Å²) in [5, 5.41) is 2.59. The molecule has 2 aromatic rings. The number of ether oxygens (including phenoxy) is 2. The Kier molecular flexibility index (Phi) is 6.65. The zero-order chi connectivity index (χ0) is 22.7. The van der Waals surface area contributed by atoms with E-state index in [1.807, 2.05) is 38.1 Å². The van der Waals surface area contributed by atoms with E-state index in [1.54, 1.807) is 36.2 Å². The second kappa shape index (κ2) is 9.61. The van der Waals surface area contributed by atoms with Gasteiger partial charge in [0.1, 0.15) is 17.6 Å². The monoisotopic (exact) mass is 437 g/mol. The normalized spacial score (nSPS) is 21.8. The molecule has 3 heterocycles. The van der Waals surface area contributed by atoms with E-state index in [-0.39, 0.29) is 24.1 Å². The third kappa shape index (κ3) is 4.88. The van der Waals surface area contributed by atoms with E-state index in [0.717, 1.165) is 38.2 Å². The molecule has 2 bridgehead atoms. The standard InChI is InChI=1S/C25H31N3O4/c1-17(2)28(25(30)32-23-16-27-14-12-18(23)13-15-27)20-6-10-22(11-7-20)31-21-8-4-19(5-9-21)24(29)26-3/h4-11,17-18,23H,12-16H2,1-3H3,(H,26,29). The van der Waals surface area contributed by atoms with Crippen molar-refractivity contribution in [3.8, 4) is 11.5 Å². The van der Waals surface area contributed by atoms with Crippen LogP contribution in [0.15, 0.2) is 48.5 Å². The molecular weight excluding hydrogens is 406 g/mol. The number of hydrogen-bond acceptors (Lipinski definition) is 5. The van der Waals surface area contributed by atoms with E-state index in [4.69, 9.17) is 9.47 Å². The van der Waals surface area contributed by atoms with E-state index in [1.165, 1.54) is 0 Å². The average Bonchev–Trinajstić information content (AvgIpc) is 2.81. The van der Waals surface area contributed by atoms with E-state index in [0.29, 0.717) is 23.0 Å². The van der Waals surface area contributed by atoms with Crippen LogP contribution in [0.2, 0.25) is 0 Å². The molecule has 1 unspecified atom stereocenters. The third-order valence-corrected chi connectivity index (χ3v) is 6.26. The molecule has 0 aliphatic carbocycles. The SMILES string of the molecule is CNC(=O)c1ccc(Oc2ccc(N(C(=O)OC3CN4CCC3CC4)C(C)C)cc2)cc1. The molecule has 5 rings (SSSR count). The topological polar surface area (TPSA) is 71.1 Å². The number of fused-ring (bicyclic) bond motifs is 3. The van der Waals surface area contributed by atoms with Crippen molar-refractivity contribution >= 4 is 17.7 Å². The van der Waals surface area contributed by atoms with Gasteiger partial charge >= 0.3 is 6.09 Å². The number of nitrogens with one attached hydrogen (secondary N) is 1. The minimum atomic E-state index is -0.294. The van der Waals surface area contributed by atoms with Crippen molar-refractivity contribution < 1.29 is 19.1 Å². The molecule has 0 saturated carbocycles. The van der Waals surface area contributed by atoms with Gasteiger partial charge in [-0.1, -0.05) is 0 Å². The number of hydrogen-bond donors (Lipinski definition) is 1. The minimum Gasteiger partial charge on any atom is -0.457 e. The predicted molar refractivity (Wildman–Crippen MR) is 123 cm³/mol. The minimum absolute atomic E-state index is 0.0216. The fourth-order valence-electron chi connectivity index (χ4n) is 4.47. The number of rotatable bonds is 6. The number of carbonyl (C=O) groups excluding carboxylic acids is 2. The lowest BCUT2D eigenvalue weighted by Crippen LogP contribution is -2.53. The number of piperidine rings is 3. The molecule has 1 atom stereocenters. The summed E-state index contributed by atoms with van der Waals surface area (Å²) in [5.41, 5.74) is 1.35. The summed E-state index contributed by atoms with van der Waals surface area (Å²) in [6, 6.07) is 14.3. The van der Waals surface area contributed by atoms with E-state index < -0.39 is 0 Å². The summed E-state index contributed by atoms with van der Waals surface area (Å²) in [4.78, 5) is 28.8. The van der Waals surface area contributed by atoms with Gasteiger partial charge in [-0.25, -0.2) is 4.79 Å². The molecule has 3 aliphatic heterocycles. The molecule has 0 radical (unpaired) electrons. The first kappa shape index (κ1) is 22.1. The van der Waals surface area contributed by atoms with Crippen LogP contribution in [-0.2, 0) is 4.74 Å². The van der Waals surface area contributed by atoms with Gasteiger partial charge in [-0.3, -0.25) is 14.6 Å². The van der Waals surface area contributed by atoms with Crippen LogP contribution in [0.5, 0.6) is 11.5 Å². The van der Waals surface area contributed by atoms with Crippen molar-refractivity contribution in [1.29, 1.82) is 0 Å². The largest absolute Gasteiger partial charge is 0.457 e. The smallest absolute Gasteiger partial charge is 0.414 e. The zero-order valence-electron chi connectivity index (χ0n) is 18.9. The molecule has 3 fully saturated rings. The Morgan fingerprint density at radius 2 is 1.59 bits per heavy atom. The van der Waals surface area contributed by atoms with Gasteiger partial charge in [0.05, 0.1) is 0 Å². The van der Waals surface area contributed by atoms with Crippen LogP contribution in [0.1, 0.15) is 37.0 Å². The van der Waals surface area contributed by atoms with Crippen LogP contribution in [0.4, 0.5) is 10.5 Å². The summed E-state index contributed by atoms with van der Waals surface area (Å²) in [6.07, 6.45) is 1.90.